The molecule has 2 heterocycles. The predicted octanol–water partition coefficient (Wildman–Crippen LogP) is 4.95. The lowest BCUT2D eigenvalue weighted by molar-refractivity contribution is -0.143. The third kappa shape index (κ3) is 6.57. The first kappa shape index (κ1) is 26.4. The molecule has 1 aromatic carbocycles. The topological polar surface area (TPSA) is 69.7 Å². The minimum atomic E-state index is -0.343. The van der Waals surface area contributed by atoms with Crippen LogP contribution < -0.4 is 5.32 Å². The van der Waals surface area contributed by atoms with Gasteiger partial charge in [-0.15, -0.1) is 0 Å². The summed E-state index contributed by atoms with van der Waals surface area (Å²) in [5.74, 6) is -0.497. The molecule has 6 nitrogen and oxygen atoms in total. The Kier molecular flexibility index (Phi) is 9.60. The Bertz CT molecular complexity index is 936. The summed E-state index contributed by atoms with van der Waals surface area (Å²) in [6.07, 6.45) is 11.5. The molecule has 0 bridgehead atoms. The lowest BCUT2D eigenvalue weighted by Gasteiger charge is -2.36. The van der Waals surface area contributed by atoms with Crippen molar-refractivity contribution in [1.82, 2.24) is 15.1 Å². The molecule has 0 aromatic heterocycles. The van der Waals surface area contributed by atoms with Crippen LogP contribution in [0.15, 0.2) is 41.5 Å². The average molecular weight is 494 g/mol. The molecule has 1 N–H and O–H groups in total. The van der Waals surface area contributed by atoms with Crippen molar-refractivity contribution in [2.75, 3.05) is 32.7 Å². The van der Waals surface area contributed by atoms with Crippen LogP contribution in [-0.4, -0.2) is 60.2 Å². The first-order valence-corrected chi connectivity index (χ1v) is 14.2. The van der Waals surface area contributed by atoms with E-state index in [2.05, 4.69) is 12.2 Å². The summed E-state index contributed by atoms with van der Waals surface area (Å²) in [4.78, 5) is 43.9. The molecule has 6 heteroatoms. The van der Waals surface area contributed by atoms with E-state index in [1.807, 2.05) is 40.1 Å². The zero-order chi connectivity index (χ0) is 25.3. The van der Waals surface area contributed by atoms with Crippen molar-refractivity contribution in [2.45, 2.75) is 77.6 Å². The minimum absolute atomic E-state index is 0.0123. The van der Waals surface area contributed by atoms with Gasteiger partial charge in [0, 0.05) is 38.3 Å². The molecule has 2 atom stereocenters. The van der Waals surface area contributed by atoms with Gasteiger partial charge in [-0.3, -0.25) is 14.4 Å². The first-order valence-electron chi connectivity index (χ1n) is 14.2. The van der Waals surface area contributed by atoms with Crippen LogP contribution in [0.3, 0.4) is 0 Å². The summed E-state index contributed by atoms with van der Waals surface area (Å²) in [6, 6.07) is 9.37. The Morgan fingerprint density at radius 2 is 1.44 bits per heavy atom. The summed E-state index contributed by atoms with van der Waals surface area (Å²) in [6.45, 7) is 5.62. The quantitative estimate of drug-likeness (QED) is 0.370. The van der Waals surface area contributed by atoms with E-state index >= 15 is 0 Å². The van der Waals surface area contributed by atoms with Gasteiger partial charge in [-0.25, -0.2) is 0 Å². The molecule has 4 rings (SSSR count). The molecule has 0 saturated carbocycles. The van der Waals surface area contributed by atoms with Gasteiger partial charge in [0.15, 0.2) is 0 Å². The van der Waals surface area contributed by atoms with Gasteiger partial charge in [0.1, 0.15) is 0 Å². The molecule has 1 fully saturated rings. The third-order valence-electron chi connectivity index (χ3n) is 8.14. The molecule has 36 heavy (non-hydrogen) atoms. The van der Waals surface area contributed by atoms with E-state index in [-0.39, 0.29) is 29.6 Å². The number of hydrogen-bond donors (Lipinski definition) is 1. The second-order valence-corrected chi connectivity index (χ2v) is 10.8. The van der Waals surface area contributed by atoms with E-state index < -0.39 is 0 Å². The molecule has 0 radical (unpaired) electrons. The molecular weight excluding hydrogens is 450 g/mol. The van der Waals surface area contributed by atoms with Gasteiger partial charge in [-0.1, -0.05) is 57.2 Å². The number of nitrogens with zero attached hydrogens (tertiary/aromatic N) is 2. The fourth-order valence-corrected chi connectivity index (χ4v) is 6.01. The Labute approximate surface area is 216 Å². The lowest BCUT2D eigenvalue weighted by Crippen LogP contribution is -2.47. The maximum Gasteiger partial charge on any atom is 0.254 e. The Balaban J connectivity index is 1.40. The number of piperidine rings is 1. The van der Waals surface area contributed by atoms with E-state index in [1.54, 1.807) is 0 Å². The number of carbonyl (C=O) groups is 3. The summed E-state index contributed by atoms with van der Waals surface area (Å²) in [7, 11) is 0. The van der Waals surface area contributed by atoms with E-state index in [0.29, 0.717) is 38.0 Å². The number of amides is 3. The van der Waals surface area contributed by atoms with Crippen molar-refractivity contribution >= 4 is 17.7 Å². The number of likely N-dealkylation sites (tertiary alicyclic amines) is 1. The van der Waals surface area contributed by atoms with Gasteiger partial charge in [0.05, 0.1) is 11.8 Å². The summed E-state index contributed by atoms with van der Waals surface area (Å²) in [5, 5.41) is 3.16. The van der Waals surface area contributed by atoms with Gasteiger partial charge in [-0.05, 0) is 61.8 Å². The van der Waals surface area contributed by atoms with Crippen molar-refractivity contribution in [2.24, 2.45) is 11.8 Å². The highest BCUT2D eigenvalue weighted by molar-refractivity contribution is 5.95. The molecule has 3 amide bonds. The van der Waals surface area contributed by atoms with E-state index in [4.69, 9.17) is 0 Å². The zero-order valence-corrected chi connectivity index (χ0v) is 22.0. The first-order chi connectivity index (χ1) is 17.6. The number of unbranched alkanes of at least 4 members (excludes halogenated alkanes) is 5. The molecule has 0 spiro atoms. The van der Waals surface area contributed by atoms with Gasteiger partial charge in [0.2, 0.25) is 11.8 Å². The van der Waals surface area contributed by atoms with Crippen LogP contribution in [0.25, 0.3) is 0 Å². The number of hydrogen-bond acceptors (Lipinski definition) is 3. The fraction of sp³-hybridized carbons (Fsp3) is 0.633. The summed E-state index contributed by atoms with van der Waals surface area (Å²) >= 11 is 0. The van der Waals surface area contributed by atoms with Crippen LogP contribution in [0.2, 0.25) is 0 Å². The maximum atomic E-state index is 13.6. The fourth-order valence-electron chi connectivity index (χ4n) is 6.01. The predicted molar refractivity (Wildman–Crippen MR) is 142 cm³/mol. The highest BCUT2D eigenvalue weighted by Crippen LogP contribution is 2.40. The largest absolute Gasteiger partial charge is 0.356 e. The monoisotopic (exact) mass is 493 g/mol. The summed E-state index contributed by atoms with van der Waals surface area (Å²) < 4.78 is 0. The molecule has 0 unspecified atom stereocenters. The number of benzene rings is 1. The highest BCUT2D eigenvalue weighted by atomic mass is 16.2. The molecule has 1 aromatic rings. The van der Waals surface area contributed by atoms with Crippen molar-refractivity contribution in [3.63, 3.8) is 0 Å². The van der Waals surface area contributed by atoms with Crippen molar-refractivity contribution in [3.05, 3.63) is 47.0 Å². The molecule has 1 saturated heterocycles. The van der Waals surface area contributed by atoms with Crippen LogP contribution >= 0.6 is 0 Å². The Morgan fingerprint density at radius 3 is 2.14 bits per heavy atom. The normalized spacial score (nSPS) is 21.9. The Morgan fingerprint density at radius 1 is 0.806 bits per heavy atom. The van der Waals surface area contributed by atoms with Crippen LogP contribution in [0.4, 0.5) is 0 Å². The van der Waals surface area contributed by atoms with Gasteiger partial charge in [-0.2, -0.15) is 0 Å². The van der Waals surface area contributed by atoms with Crippen LogP contribution in [0, 0.1) is 11.8 Å². The number of rotatable bonds is 10. The molecule has 196 valence electrons. The number of carbonyl (C=O) groups excluding carboxylic acids is 3. The van der Waals surface area contributed by atoms with E-state index in [0.717, 1.165) is 38.8 Å². The standard InChI is InChI=1S/C30H43N3O3/c1-2-3-4-5-6-11-16-31-28(34)26-19-24-21-33(29(35)23-14-9-7-10-15-23)22-25(24)20-27(26)30(36)32-17-12-8-13-18-32/h7,9-10,14-15,26-27H,2-6,8,11-13,16-22H2,1H3,(H,31,34)/t26-,27+/m1/s1. The molecular formula is C30H43N3O3. The second kappa shape index (κ2) is 13.1. The number of nitrogens with one attached hydrogen (secondary N) is 1. The van der Waals surface area contributed by atoms with Crippen LogP contribution in [-0.2, 0) is 9.59 Å². The van der Waals surface area contributed by atoms with Gasteiger partial charge in [0.25, 0.3) is 5.91 Å². The van der Waals surface area contributed by atoms with E-state index in [1.165, 1.54) is 43.3 Å². The Hall–Kier alpha value is -2.63. The van der Waals surface area contributed by atoms with Crippen LogP contribution in [0.5, 0.6) is 0 Å². The van der Waals surface area contributed by atoms with Crippen molar-refractivity contribution in [1.29, 1.82) is 0 Å². The third-order valence-corrected chi connectivity index (χ3v) is 8.14. The smallest absolute Gasteiger partial charge is 0.254 e. The van der Waals surface area contributed by atoms with Crippen LogP contribution in [0.1, 0.15) is 87.9 Å². The minimum Gasteiger partial charge on any atom is -0.356 e. The summed E-state index contributed by atoms with van der Waals surface area (Å²) in [5.41, 5.74) is 3.06. The highest BCUT2D eigenvalue weighted by Gasteiger charge is 2.43. The van der Waals surface area contributed by atoms with Crippen molar-refractivity contribution in [3.8, 4) is 0 Å². The molecule has 3 aliphatic rings. The van der Waals surface area contributed by atoms with Gasteiger partial charge < -0.3 is 15.1 Å². The molecule has 2 aliphatic heterocycles. The lowest BCUT2D eigenvalue weighted by atomic mass is 9.75. The van der Waals surface area contributed by atoms with Crippen molar-refractivity contribution < 1.29 is 14.4 Å². The molecule has 1 aliphatic carbocycles. The second-order valence-electron chi connectivity index (χ2n) is 10.8. The van der Waals surface area contributed by atoms with Gasteiger partial charge >= 0.3 is 0 Å². The zero-order valence-electron chi connectivity index (χ0n) is 22.0. The SMILES string of the molecule is CCCCCCCCNC(=O)[C@@H]1CC2=C(C[C@@H]1C(=O)N1CCCCC1)CN(C(=O)c1ccccc1)C2. The average Bonchev–Trinajstić information content (AvgIpc) is 3.35. The van der Waals surface area contributed by atoms with E-state index in [9.17, 15) is 14.4 Å². The maximum absolute atomic E-state index is 13.6.